The fourth-order valence-electron chi connectivity index (χ4n) is 3.51. The number of hydrogen-bond acceptors (Lipinski definition) is 3. The average molecular weight is 421 g/mol. The second-order valence-electron chi connectivity index (χ2n) is 7.38. The zero-order valence-electron chi connectivity index (χ0n) is 16.7. The Hall–Kier alpha value is -2.29. The summed E-state index contributed by atoms with van der Waals surface area (Å²) in [7, 11) is -1.92. The molecule has 3 rings (SSSR count). The molecule has 0 spiro atoms. The Morgan fingerprint density at radius 1 is 1.14 bits per heavy atom. The second kappa shape index (κ2) is 9.02. The third-order valence-corrected chi connectivity index (χ3v) is 7.42. The van der Waals surface area contributed by atoms with Crippen molar-refractivity contribution in [1.82, 2.24) is 9.21 Å². The Morgan fingerprint density at radius 2 is 1.79 bits per heavy atom. The summed E-state index contributed by atoms with van der Waals surface area (Å²) < 4.78 is 40.2. The smallest absolute Gasteiger partial charge is 0.278 e. The minimum Gasteiger partial charge on any atom is -0.334 e. The number of likely N-dealkylation sites (N-methyl/N-ethyl adjacent to an activating group) is 1. The van der Waals surface area contributed by atoms with Crippen LogP contribution in [0, 0.1) is 5.82 Å². The average Bonchev–Trinajstić information content (AvgIpc) is 2.73. The number of hydrogen-bond donors (Lipinski definition) is 1. The van der Waals surface area contributed by atoms with Gasteiger partial charge in [-0.05, 0) is 30.7 Å². The lowest BCUT2D eigenvalue weighted by Crippen LogP contribution is -3.15. The molecular formula is C21H27FN3O3S+. The van der Waals surface area contributed by atoms with Crippen molar-refractivity contribution >= 4 is 15.9 Å². The molecule has 0 bridgehead atoms. The van der Waals surface area contributed by atoms with Gasteiger partial charge in [0.25, 0.3) is 5.91 Å². The third-order valence-electron chi connectivity index (χ3n) is 5.52. The van der Waals surface area contributed by atoms with E-state index in [1.165, 1.54) is 22.5 Å². The highest BCUT2D eigenvalue weighted by molar-refractivity contribution is 7.89. The molecule has 0 radical (unpaired) electrons. The van der Waals surface area contributed by atoms with Gasteiger partial charge in [-0.1, -0.05) is 36.4 Å². The molecule has 1 aliphatic heterocycles. The Kier molecular flexibility index (Phi) is 6.66. The van der Waals surface area contributed by atoms with Gasteiger partial charge in [0.1, 0.15) is 5.82 Å². The number of rotatable bonds is 6. The number of carbonyl (C=O) groups is 1. The van der Waals surface area contributed by atoms with Crippen LogP contribution in [0.3, 0.4) is 0 Å². The van der Waals surface area contributed by atoms with Crippen LogP contribution in [0.2, 0.25) is 0 Å². The van der Waals surface area contributed by atoms with Crippen molar-refractivity contribution in [1.29, 1.82) is 0 Å². The maximum atomic E-state index is 13.4. The van der Waals surface area contributed by atoms with E-state index in [2.05, 4.69) is 0 Å². The van der Waals surface area contributed by atoms with Gasteiger partial charge in [-0.15, -0.1) is 0 Å². The van der Waals surface area contributed by atoms with Gasteiger partial charge in [0, 0.05) is 7.05 Å². The van der Waals surface area contributed by atoms with Crippen molar-refractivity contribution in [2.75, 3.05) is 39.8 Å². The fraction of sp³-hybridized carbons (Fsp3) is 0.381. The topological polar surface area (TPSA) is 62.1 Å². The predicted molar refractivity (Wildman–Crippen MR) is 108 cm³/mol. The Bertz CT molecular complexity index is 945. The Balaban J connectivity index is 1.56. The van der Waals surface area contributed by atoms with Crippen LogP contribution >= 0.6 is 0 Å². The lowest BCUT2D eigenvalue weighted by atomic mass is 10.1. The normalized spacial score (nSPS) is 17.1. The number of amides is 1. The van der Waals surface area contributed by atoms with Gasteiger partial charge in [0.15, 0.2) is 6.54 Å². The SMILES string of the molecule is C[C@@H](c1ccccc1)N(C)C(=O)C[NH+]1CCN(S(=O)(=O)c2cccc(F)c2)CC1. The lowest BCUT2D eigenvalue weighted by Gasteiger charge is -2.33. The molecule has 1 atom stereocenters. The summed E-state index contributed by atoms with van der Waals surface area (Å²) in [5.74, 6) is -0.547. The van der Waals surface area contributed by atoms with E-state index < -0.39 is 15.8 Å². The first-order valence-corrected chi connectivity index (χ1v) is 11.1. The molecule has 8 heteroatoms. The molecule has 1 fully saturated rings. The fourth-order valence-corrected chi connectivity index (χ4v) is 4.98. The third kappa shape index (κ3) is 5.01. The summed E-state index contributed by atoms with van der Waals surface area (Å²) >= 11 is 0. The number of benzene rings is 2. The maximum absolute atomic E-state index is 13.4. The molecule has 1 saturated heterocycles. The number of sulfonamides is 1. The summed E-state index contributed by atoms with van der Waals surface area (Å²) in [4.78, 5) is 15.4. The molecule has 156 valence electrons. The zero-order valence-corrected chi connectivity index (χ0v) is 17.5. The van der Waals surface area contributed by atoms with Crippen molar-refractivity contribution in [3.8, 4) is 0 Å². The van der Waals surface area contributed by atoms with Crippen molar-refractivity contribution in [3.63, 3.8) is 0 Å². The highest BCUT2D eigenvalue weighted by Crippen LogP contribution is 2.18. The summed E-state index contributed by atoms with van der Waals surface area (Å²) in [5, 5.41) is 0. The van der Waals surface area contributed by atoms with Crippen LogP contribution < -0.4 is 4.90 Å². The highest BCUT2D eigenvalue weighted by atomic mass is 32.2. The molecule has 1 aliphatic rings. The Labute approximate surface area is 171 Å². The molecule has 2 aromatic rings. The molecule has 1 amide bonds. The van der Waals surface area contributed by atoms with Crippen molar-refractivity contribution in [2.45, 2.75) is 17.9 Å². The van der Waals surface area contributed by atoms with Gasteiger partial charge >= 0.3 is 0 Å². The van der Waals surface area contributed by atoms with Crippen molar-refractivity contribution < 1.29 is 22.5 Å². The van der Waals surface area contributed by atoms with Gasteiger partial charge in [0.2, 0.25) is 10.0 Å². The van der Waals surface area contributed by atoms with E-state index in [1.54, 1.807) is 11.9 Å². The molecule has 0 unspecified atom stereocenters. The summed E-state index contributed by atoms with van der Waals surface area (Å²) in [5.41, 5.74) is 1.07. The molecule has 1 N–H and O–H groups in total. The minimum absolute atomic E-state index is 0.0257. The largest absolute Gasteiger partial charge is 0.334 e. The van der Waals surface area contributed by atoms with Gasteiger partial charge in [-0.2, -0.15) is 4.31 Å². The van der Waals surface area contributed by atoms with Crippen LogP contribution in [0.1, 0.15) is 18.5 Å². The van der Waals surface area contributed by atoms with Crippen LogP contribution in [0.5, 0.6) is 0 Å². The monoisotopic (exact) mass is 420 g/mol. The van der Waals surface area contributed by atoms with Crippen molar-refractivity contribution in [3.05, 3.63) is 66.0 Å². The molecule has 0 aliphatic carbocycles. The van der Waals surface area contributed by atoms with E-state index in [4.69, 9.17) is 0 Å². The summed E-state index contributed by atoms with van der Waals surface area (Å²) in [6.07, 6.45) is 0. The molecule has 2 aromatic carbocycles. The first kappa shape index (κ1) is 21.4. The number of nitrogens with zero attached hydrogens (tertiary/aromatic N) is 2. The molecular weight excluding hydrogens is 393 g/mol. The van der Waals surface area contributed by atoms with Gasteiger partial charge in [-0.25, -0.2) is 12.8 Å². The highest BCUT2D eigenvalue weighted by Gasteiger charge is 2.32. The summed E-state index contributed by atoms with van der Waals surface area (Å²) in [6.45, 7) is 3.99. The molecule has 0 saturated carbocycles. The molecule has 6 nitrogen and oxygen atoms in total. The van der Waals surface area contributed by atoms with Crippen LogP contribution in [-0.4, -0.2) is 63.3 Å². The van der Waals surface area contributed by atoms with Crippen LogP contribution in [0.25, 0.3) is 0 Å². The van der Waals surface area contributed by atoms with E-state index in [1.807, 2.05) is 37.3 Å². The number of nitrogens with one attached hydrogen (secondary N) is 1. The van der Waals surface area contributed by atoms with Crippen LogP contribution in [-0.2, 0) is 14.8 Å². The second-order valence-corrected chi connectivity index (χ2v) is 9.32. The number of carbonyl (C=O) groups excluding carboxylic acids is 1. The van der Waals surface area contributed by atoms with Crippen LogP contribution in [0.15, 0.2) is 59.5 Å². The minimum atomic E-state index is -3.72. The first-order valence-electron chi connectivity index (χ1n) is 9.69. The quantitative estimate of drug-likeness (QED) is 0.757. The zero-order chi connectivity index (χ0) is 21.0. The van der Waals surface area contributed by atoms with Gasteiger partial charge in [0.05, 0.1) is 37.1 Å². The number of halogens is 1. The van der Waals surface area contributed by atoms with E-state index in [0.717, 1.165) is 16.5 Å². The van der Waals surface area contributed by atoms with E-state index in [9.17, 15) is 17.6 Å². The number of piperazine rings is 1. The van der Waals surface area contributed by atoms with Crippen molar-refractivity contribution in [2.24, 2.45) is 0 Å². The summed E-state index contributed by atoms with van der Waals surface area (Å²) in [6, 6.07) is 14.9. The first-order chi connectivity index (χ1) is 13.8. The van der Waals surface area contributed by atoms with E-state index in [0.29, 0.717) is 32.7 Å². The van der Waals surface area contributed by atoms with Gasteiger partial charge < -0.3 is 9.80 Å². The Morgan fingerprint density at radius 3 is 2.41 bits per heavy atom. The van der Waals surface area contributed by atoms with E-state index >= 15 is 0 Å². The lowest BCUT2D eigenvalue weighted by molar-refractivity contribution is -0.896. The number of quaternary nitrogens is 1. The maximum Gasteiger partial charge on any atom is 0.278 e. The standard InChI is InChI=1S/C21H26FN3O3S/c1-17(18-7-4-3-5-8-18)23(2)21(26)16-24-11-13-25(14-12-24)29(27,28)20-10-6-9-19(22)15-20/h3-10,15,17H,11-14,16H2,1-2H3/p+1/t17-/m0/s1. The predicted octanol–water partition coefficient (Wildman–Crippen LogP) is 0.935. The molecule has 29 heavy (non-hydrogen) atoms. The van der Waals surface area contributed by atoms with Gasteiger partial charge in [-0.3, -0.25) is 4.79 Å². The molecule has 0 aromatic heterocycles. The van der Waals surface area contributed by atoms with E-state index in [-0.39, 0.29) is 16.8 Å². The van der Waals surface area contributed by atoms with Crippen LogP contribution in [0.4, 0.5) is 4.39 Å². The molecule has 1 heterocycles.